The molecule has 0 aliphatic heterocycles. The van der Waals surface area contributed by atoms with Crippen molar-refractivity contribution in [2.75, 3.05) is 5.32 Å². The van der Waals surface area contributed by atoms with Crippen molar-refractivity contribution in [2.24, 2.45) is 0 Å². The molecule has 0 unspecified atom stereocenters. The maximum Gasteiger partial charge on any atom is 0.268 e. The lowest BCUT2D eigenvalue weighted by Gasteiger charge is -2.06. The van der Waals surface area contributed by atoms with Gasteiger partial charge >= 0.3 is 0 Å². The summed E-state index contributed by atoms with van der Waals surface area (Å²) in [6, 6.07) is 9.77. The van der Waals surface area contributed by atoms with E-state index in [1.54, 1.807) is 11.3 Å². The Labute approximate surface area is 150 Å². The van der Waals surface area contributed by atoms with Gasteiger partial charge in [0.05, 0.1) is 21.4 Å². The van der Waals surface area contributed by atoms with E-state index >= 15 is 0 Å². The van der Waals surface area contributed by atoms with Crippen molar-refractivity contribution in [1.82, 2.24) is 18.9 Å². The normalized spacial score (nSPS) is 11.7. The molecule has 124 valence electrons. The van der Waals surface area contributed by atoms with Crippen LogP contribution in [0.1, 0.15) is 16.6 Å². The van der Waals surface area contributed by atoms with Crippen LogP contribution in [-0.4, -0.2) is 24.8 Å². The first-order valence-corrected chi connectivity index (χ1v) is 9.56. The number of thiophene rings is 1. The predicted molar refractivity (Wildman–Crippen MR) is 102 cm³/mol. The number of benzene rings is 1. The molecule has 4 heterocycles. The molecule has 1 N–H and O–H groups in total. The van der Waals surface area contributed by atoms with Crippen LogP contribution in [0.2, 0.25) is 0 Å². The van der Waals surface area contributed by atoms with Gasteiger partial charge in [0.1, 0.15) is 4.83 Å². The number of rotatable bonds is 3. The lowest BCUT2D eigenvalue weighted by molar-refractivity contribution is 0.102. The molecule has 0 radical (unpaired) electrons. The van der Waals surface area contributed by atoms with Crippen LogP contribution in [0.3, 0.4) is 0 Å². The predicted octanol–water partition coefficient (Wildman–Crippen LogP) is 4.23. The van der Waals surface area contributed by atoms with Crippen molar-refractivity contribution >= 4 is 60.9 Å². The first-order chi connectivity index (χ1) is 12.2. The minimum Gasteiger partial charge on any atom is -0.310 e. The maximum atomic E-state index is 12.7. The number of aryl methyl sites for hydroxylation is 1. The summed E-state index contributed by atoms with van der Waals surface area (Å²) in [7, 11) is 0. The van der Waals surface area contributed by atoms with Gasteiger partial charge in [-0.25, -0.2) is 9.97 Å². The molecule has 0 saturated carbocycles. The van der Waals surface area contributed by atoms with Gasteiger partial charge in [-0.3, -0.25) is 14.5 Å². The lowest BCUT2D eigenvalue weighted by atomic mass is 10.3. The number of anilines is 1. The van der Waals surface area contributed by atoms with Gasteiger partial charge in [-0.15, -0.1) is 22.7 Å². The van der Waals surface area contributed by atoms with Gasteiger partial charge in [0.15, 0.2) is 4.96 Å². The highest BCUT2D eigenvalue weighted by molar-refractivity contribution is 7.21. The Hall–Kier alpha value is -2.71. The molecule has 5 rings (SSSR count). The number of para-hydroxylation sites is 2. The van der Waals surface area contributed by atoms with Crippen molar-refractivity contribution in [2.45, 2.75) is 13.5 Å². The minimum atomic E-state index is -0.156. The summed E-state index contributed by atoms with van der Waals surface area (Å²) in [5.41, 5.74) is 2.86. The molecule has 1 aromatic carbocycles. The molecule has 0 saturated heterocycles. The number of thiazole rings is 1. The molecule has 1 amide bonds. The van der Waals surface area contributed by atoms with E-state index in [4.69, 9.17) is 0 Å². The van der Waals surface area contributed by atoms with E-state index in [9.17, 15) is 4.79 Å². The number of nitrogens with one attached hydrogen (secondary N) is 1. The first kappa shape index (κ1) is 14.6. The number of hydrogen-bond acceptors (Lipinski definition) is 5. The largest absolute Gasteiger partial charge is 0.310 e. The Morgan fingerprint density at radius 3 is 3.00 bits per heavy atom. The molecule has 8 heteroatoms. The van der Waals surface area contributed by atoms with Crippen LogP contribution in [0.5, 0.6) is 0 Å². The number of imidazole rings is 2. The number of carbonyl (C=O) groups excluding carboxylic acids is 1. The highest BCUT2D eigenvalue weighted by Crippen LogP contribution is 2.29. The van der Waals surface area contributed by atoms with Crippen molar-refractivity contribution in [1.29, 1.82) is 0 Å². The Morgan fingerprint density at radius 2 is 2.12 bits per heavy atom. The Balaban J connectivity index is 1.53. The summed E-state index contributed by atoms with van der Waals surface area (Å²) in [6.45, 7) is 2.78. The van der Waals surface area contributed by atoms with E-state index in [-0.39, 0.29) is 5.91 Å². The fourth-order valence-corrected chi connectivity index (χ4v) is 4.71. The Kier molecular flexibility index (Phi) is 3.16. The summed E-state index contributed by atoms with van der Waals surface area (Å²) in [5, 5.41) is 4.94. The standard InChI is InChI=1S/C17H13N5OS2/c1-2-21-11-6-4-3-5-10(11)18-16(21)19-14(23)13-9-12-15(25-13)20-17-22(12)7-8-24-17/h3-9H,2H2,1H3,(H,18,19,23). The van der Waals surface area contributed by atoms with E-state index < -0.39 is 0 Å². The van der Waals surface area contributed by atoms with Crippen molar-refractivity contribution < 1.29 is 4.79 Å². The van der Waals surface area contributed by atoms with E-state index in [2.05, 4.69) is 15.3 Å². The van der Waals surface area contributed by atoms with Gasteiger partial charge in [0, 0.05) is 18.1 Å². The first-order valence-electron chi connectivity index (χ1n) is 7.86. The number of amides is 1. The van der Waals surface area contributed by atoms with Gasteiger partial charge in [-0.2, -0.15) is 0 Å². The van der Waals surface area contributed by atoms with Crippen LogP contribution in [0.4, 0.5) is 5.95 Å². The molecule has 0 atom stereocenters. The molecular weight excluding hydrogens is 354 g/mol. The monoisotopic (exact) mass is 367 g/mol. The molecule has 0 bridgehead atoms. The zero-order valence-electron chi connectivity index (χ0n) is 13.3. The Morgan fingerprint density at radius 1 is 1.24 bits per heavy atom. The van der Waals surface area contributed by atoms with E-state index in [1.807, 2.05) is 57.8 Å². The average Bonchev–Trinajstić information content (AvgIpc) is 3.33. The number of aromatic nitrogens is 4. The van der Waals surface area contributed by atoms with Crippen LogP contribution < -0.4 is 5.32 Å². The number of carbonyl (C=O) groups is 1. The number of hydrogen-bond donors (Lipinski definition) is 1. The van der Waals surface area contributed by atoms with Crippen molar-refractivity contribution in [3.63, 3.8) is 0 Å². The average molecular weight is 367 g/mol. The summed E-state index contributed by atoms with van der Waals surface area (Å²) in [4.78, 5) is 24.3. The van der Waals surface area contributed by atoms with Gasteiger partial charge in [-0.05, 0) is 25.1 Å². The zero-order valence-corrected chi connectivity index (χ0v) is 14.9. The van der Waals surface area contributed by atoms with E-state index in [0.717, 1.165) is 32.9 Å². The smallest absolute Gasteiger partial charge is 0.268 e. The lowest BCUT2D eigenvalue weighted by Crippen LogP contribution is -2.14. The Bertz CT molecular complexity index is 1240. The molecule has 0 aliphatic carbocycles. The molecule has 0 spiro atoms. The van der Waals surface area contributed by atoms with Crippen molar-refractivity contribution in [3.05, 3.63) is 46.8 Å². The van der Waals surface area contributed by atoms with Gasteiger partial charge in [-0.1, -0.05) is 12.1 Å². The molecular formula is C17H13N5OS2. The third-order valence-corrected chi connectivity index (χ3v) is 5.93. The number of nitrogens with zero attached hydrogens (tertiary/aromatic N) is 4. The molecule has 0 aliphatic rings. The third kappa shape index (κ3) is 2.18. The van der Waals surface area contributed by atoms with E-state index in [0.29, 0.717) is 10.8 Å². The summed E-state index contributed by atoms with van der Waals surface area (Å²) in [6.07, 6.45) is 1.97. The second-order valence-electron chi connectivity index (χ2n) is 5.59. The summed E-state index contributed by atoms with van der Waals surface area (Å²) < 4.78 is 4.01. The fourth-order valence-electron chi connectivity index (χ4n) is 3.01. The van der Waals surface area contributed by atoms with Crippen LogP contribution >= 0.6 is 22.7 Å². The highest BCUT2D eigenvalue weighted by Gasteiger charge is 2.18. The highest BCUT2D eigenvalue weighted by atomic mass is 32.1. The van der Waals surface area contributed by atoms with Crippen LogP contribution in [0, 0.1) is 0 Å². The zero-order chi connectivity index (χ0) is 17.0. The third-order valence-electron chi connectivity index (χ3n) is 4.16. The molecule has 25 heavy (non-hydrogen) atoms. The van der Waals surface area contributed by atoms with Crippen LogP contribution in [-0.2, 0) is 6.54 Å². The second-order valence-corrected chi connectivity index (χ2v) is 7.49. The summed E-state index contributed by atoms with van der Waals surface area (Å²) in [5.74, 6) is 0.417. The van der Waals surface area contributed by atoms with Crippen molar-refractivity contribution in [3.8, 4) is 0 Å². The maximum absolute atomic E-state index is 12.7. The second kappa shape index (κ2) is 5.40. The molecule has 4 aromatic heterocycles. The number of fused-ring (bicyclic) bond motifs is 4. The minimum absolute atomic E-state index is 0.156. The van der Waals surface area contributed by atoms with E-state index in [1.165, 1.54) is 11.3 Å². The SMILES string of the molecule is CCn1c(NC(=O)c2cc3c(nc4sccn43)s2)nc2ccccc21. The molecule has 5 aromatic rings. The fraction of sp³-hybridized carbons (Fsp3) is 0.118. The summed E-state index contributed by atoms with van der Waals surface area (Å²) >= 11 is 2.99. The topological polar surface area (TPSA) is 64.2 Å². The quantitative estimate of drug-likeness (QED) is 0.519. The van der Waals surface area contributed by atoms with Crippen LogP contribution in [0.25, 0.3) is 26.3 Å². The van der Waals surface area contributed by atoms with Gasteiger partial charge < -0.3 is 4.57 Å². The molecule has 6 nitrogen and oxygen atoms in total. The van der Waals surface area contributed by atoms with Gasteiger partial charge in [0.25, 0.3) is 5.91 Å². The molecule has 0 fully saturated rings. The van der Waals surface area contributed by atoms with Gasteiger partial charge in [0.2, 0.25) is 5.95 Å². The van der Waals surface area contributed by atoms with Crippen LogP contribution in [0.15, 0.2) is 41.9 Å².